The zero-order valence-electron chi connectivity index (χ0n) is 14.6. The van der Waals surface area contributed by atoms with E-state index in [0.29, 0.717) is 5.75 Å². The van der Waals surface area contributed by atoms with Crippen molar-refractivity contribution in [2.24, 2.45) is 0 Å². The molecule has 7 heteroatoms. The van der Waals surface area contributed by atoms with Gasteiger partial charge in [0.05, 0.1) is 6.54 Å². The fourth-order valence-electron chi connectivity index (χ4n) is 2.75. The lowest BCUT2D eigenvalue weighted by molar-refractivity contribution is 0.0899. The molecule has 1 fully saturated rings. The molecular weight excluding hydrogens is 334 g/mol. The second-order valence-electron chi connectivity index (χ2n) is 6.45. The van der Waals surface area contributed by atoms with Gasteiger partial charge >= 0.3 is 5.69 Å². The number of aryl methyl sites for hydroxylation is 1. The smallest absolute Gasteiger partial charge is 0.331 e. The summed E-state index contributed by atoms with van der Waals surface area (Å²) in [5, 5.41) is 19.3. The first kappa shape index (κ1) is 18.0. The Morgan fingerprint density at radius 1 is 1.31 bits per heavy atom. The number of nitrogens with zero attached hydrogens (tertiary/aromatic N) is 3. The van der Waals surface area contributed by atoms with E-state index in [2.05, 4.69) is 6.92 Å². The van der Waals surface area contributed by atoms with Crippen LogP contribution in [-0.4, -0.2) is 27.0 Å². The number of aliphatic hydroxyl groups excluding tert-OH is 1. The number of aromatic nitrogens is 2. The van der Waals surface area contributed by atoms with E-state index < -0.39 is 17.4 Å². The second kappa shape index (κ2) is 7.58. The third-order valence-electron chi connectivity index (χ3n) is 4.42. The molecule has 7 nitrogen and oxygen atoms in total. The molecule has 1 aliphatic carbocycles. The van der Waals surface area contributed by atoms with Gasteiger partial charge in [0.25, 0.3) is 5.56 Å². The molecule has 0 bridgehead atoms. The standard InChI is InChI=1S/C19H21N3O4/c1-2-13-3-7-17(8-4-13)26-12-16(23)11-22-18(24)14(9-20)10-21(19(22)25)15-5-6-15/h3-4,7-8,10,15-16,23H,2,5-6,11-12H2,1H3/t16-/m0/s1. The molecule has 2 aromatic rings. The van der Waals surface area contributed by atoms with Crippen molar-refractivity contribution in [3.05, 3.63) is 62.4 Å². The van der Waals surface area contributed by atoms with Crippen LogP contribution in [0.25, 0.3) is 0 Å². The van der Waals surface area contributed by atoms with Gasteiger partial charge in [-0.25, -0.2) is 4.79 Å². The van der Waals surface area contributed by atoms with Gasteiger partial charge in [0.15, 0.2) is 0 Å². The van der Waals surface area contributed by atoms with Gasteiger partial charge in [0.2, 0.25) is 0 Å². The molecule has 1 aromatic carbocycles. The van der Waals surface area contributed by atoms with Gasteiger partial charge in [0, 0.05) is 12.2 Å². The summed E-state index contributed by atoms with van der Waals surface area (Å²) in [4.78, 5) is 24.8. The lowest BCUT2D eigenvalue weighted by Crippen LogP contribution is -2.44. The molecule has 0 aliphatic heterocycles. The van der Waals surface area contributed by atoms with Gasteiger partial charge in [-0.15, -0.1) is 0 Å². The van der Waals surface area contributed by atoms with Crippen LogP contribution in [0.5, 0.6) is 5.75 Å². The Hall–Kier alpha value is -2.85. The molecule has 0 radical (unpaired) electrons. The van der Waals surface area contributed by atoms with E-state index in [-0.39, 0.29) is 24.8 Å². The van der Waals surface area contributed by atoms with Crippen molar-refractivity contribution in [3.63, 3.8) is 0 Å². The number of hydrogen-bond donors (Lipinski definition) is 1. The highest BCUT2D eigenvalue weighted by Crippen LogP contribution is 2.33. The number of benzene rings is 1. The minimum Gasteiger partial charge on any atom is -0.491 e. The fraction of sp³-hybridized carbons (Fsp3) is 0.421. The predicted octanol–water partition coefficient (Wildman–Crippen LogP) is 1.22. The molecule has 26 heavy (non-hydrogen) atoms. The molecule has 3 rings (SSSR count). The van der Waals surface area contributed by atoms with Crippen LogP contribution in [0.3, 0.4) is 0 Å². The number of ether oxygens (including phenoxy) is 1. The minimum absolute atomic E-state index is 0.0342. The van der Waals surface area contributed by atoms with Gasteiger partial charge in [-0.1, -0.05) is 19.1 Å². The quantitative estimate of drug-likeness (QED) is 0.805. The van der Waals surface area contributed by atoms with E-state index in [4.69, 9.17) is 10.00 Å². The summed E-state index contributed by atoms with van der Waals surface area (Å²) in [7, 11) is 0. The lowest BCUT2D eigenvalue weighted by atomic mass is 10.2. The molecule has 1 N–H and O–H groups in total. The summed E-state index contributed by atoms with van der Waals surface area (Å²) in [6, 6.07) is 9.37. The SMILES string of the molecule is CCc1ccc(OC[C@@H](O)Cn2c(=O)c(C#N)cn(C3CC3)c2=O)cc1. The van der Waals surface area contributed by atoms with Crippen LogP contribution in [0.1, 0.15) is 36.9 Å². The predicted molar refractivity (Wildman–Crippen MR) is 95.3 cm³/mol. The van der Waals surface area contributed by atoms with Gasteiger partial charge in [0.1, 0.15) is 30.1 Å². The lowest BCUT2D eigenvalue weighted by Gasteiger charge is -2.15. The number of rotatable bonds is 7. The summed E-state index contributed by atoms with van der Waals surface area (Å²) in [6.45, 7) is 1.78. The molecule has 0 spiro atoms. The van der Waals surface area contributed by atoms with E-state index in [1.54, 1.807) is 0 Å². The fourth-order valence-corrected chi connectivity index (χ4v) is 2.75. The Labute approximate surface area is 150 Å². The average Bonchev–Trinajstić information content (AvgIpc) is 3.49. The molecule has 0 amide bonds. The molecule has 0 unspecified atom stereocenters. The Morgan fingerprint density at radius 2 is 2.00 bits per heavy atom. The molecule has 1 aromatic heterocycles. The van der Waals surface area contributed by atoms with Crippen molar-refractivity contribution in [1.82, 2.24) is 9.13 Å². The topological polar surface area (TPSA) is 97.2 Å². The minimum atomic E-state index is -1.05. The number of aliphatic hydroxyl groups is 1. The third kappa shape index (κ3) is 3.86. The van der Waals surface area contributed by atoms with Crippen molar-refractivity contribution >= 4 is 0 Å². The van der Waals surface area contributed by atoms with Crippen LogP contribution in [-0.2, 0) is 13.0 Å². The molecular formula is C19H21N3O4. The maximum Gasteiger partial charge on any atom is 0.331 e. The largest absolute Gasteiger partial charge is 0.491 e. The van der Waals surface area contributed by atoms with Crippen molar-refractivity contribution in [2.45, 2.75) is 44.9 Å². The van der Waals surface area contributed by atoms with Crippen LogP contribution >= 0.6 is 0 Å². The van der Waals surface area contributed by atoms with Crippen LogP contribution in [0, 0.1) is 11.3 Å². The van der Waals surface area contributed by atoms with E-state index in [0.717, 1.165) is 23.8 Å². The van der Waals surface area contributed by atoms with E-state index in [9.17, 15) is 14.7 Å². The maximum absolute atomic E-state index is 12.5. The molecule has 136 valence electrons. The van der Waals surface area contributed by atoms with Gasteiger partial charge in [-0.3, -0.25) is 13.9 Å². The van der Waals surface area contributed by atoms with Crippen molar-refractivity contribution in [2.75, 3.05) is 6.61 Å². The summed E-state index contributed by atoms with van der Waals surface area (Å²) >= 11 is 0. The molecule has 1 aliphatic rings. The van der Waals surface area contributed by atoms with Crippen molar-refractivity contribution < 1.29 is 9.84 Å². The summed E-state index contributed by atoms with van der Waals surface area (Å²) in [6.07, 6.45) is 2.89. The zero-order chi connectivity index (χ0) is 18.7. The Kier molecular flexibility index (Phi) is 5.24. The second-order valence-corrected chi connectivity index (χ2v) is 6.45. The normalized spacial score (nSPS) is 14.7. The average molecular weight is 355 g/mol. The Bertz CT molecular complexity index is 933. The first-order valence-corrected chi connectivity index (χ1v) is 8.69. The Balaban J connectivity index is 1.73. The first-order chi connectivity index (χ1) is 12.5. The van der Waals surface area contributed by atoms with E-state index >= 15 is 0 Å². The van der Waals surface area contributed by atoms with E-state index in [1.165, 1.54) is 16.3 Å². The molecule has 1 saturated carbocycles. The number of hydrogen-bond acceptors (Lipinski definition) is 5. The molecule has 1 atom stereocenters. The monoisotopic (exact) mass is 355 g/mol. The third-order valence-corrected chi connectivity index (χ3v) is 4.42. The van der Waals surface area contributed by atoms with Crippen LogP contribution in [0.2, 0.25) is 0 Å². The van der Waals surface area contributed by atoms with Gasteiger partial charge in [-0.05, 0) is 37.0 Å². The summed E-state index contributed by atoms with van der Waals surface area (Å²) in [5.74, 6) is 0.606. The van der Waals surface area contributed by atoms with Gasteiger partial charge in [-0.2, -0.15) is 5.26 Å². The van der Waals surface area contributed by atoms with Crippen LogP contribution in [0.4, 0.5) is 0 Å². The first-order valence-electron chi connectivity index (χ1n) is 8.69. The van der Waals surface area contributed by atoms with Crippen LogP contribution in [0.15, 0.2) is 40.1 Å². The van der Waals surface area contributed by atoms with Crippen molar-refractivity contribution in [3.8, 4) is 11.8 Å². The van der Waals surface area contributed by atoms with Gasteiger partial charge < -0.3 is 9.84 Å². The molecule has 0 saturated heterocycles. The number of nitriles is 1. The highest BCUT2D eigenvalue weighted by Gasteiger charge is 2.27. The summed E-state index contributed by atoms with van der Waals surface area (Å²) in [5.41, 5.74) is -0.0956. The zero-order valence-corrected chi connectivity index (χ0v) is 14.6. The Morgan fingerprint density at radius 3 is 2.58 bits per heavy atom. The summed E-state index contributed by atoms with van der Waals surface area (Å²) < 4.78 is 7.86. The highest BCUT2D eigenvalue weighted by atomic mass is 16.5. The highest BCUT2D eigenvalue weighted by molar-refractivity contribution is 5.27. The maximum atomic E-state index is 12.5. The van der Waals surface area contributed by atoms with Crippen LogP contribution < -0.4 is 16.0 Å². The van der Waals surface area contributed by atoms with Crippen molar-refractivity contribution in [1.29, 1.82) is 5.26 Å². The molecule has 1 heterocycles. The van der Waals surface area contributed by atoms with E-state index in [1.807, 2.05) is 30.3 Å².